The third-order valence-corrected chi connectivity index (χ3v) is 6.01. The van der Waals surface area contributed by atoms with Gasteiger partial charge in [-0.2, -0.15) is 0 Å². The highest BCUT2D eigenvalue weighted by atomic mass is 16.2. The van der Waals surface area contributed by atoms with Crippen LogP contribution in [0.1, 0.15) is 35.0 Å². The van der Waals surface area contributed by atoms with Crippen molar-refractivity contribution in [3.05, 3.63) is 65.4 Å². The topological polar surface area (TPSA) is 73.5 Å². The Balaban J connectivity index is 1.41. The summed E-state index contributed by atoms with van der Waals surface area (Å²) in [5.74, 6) is -0.425. The molecule has 1 unspecified atom stereocenters. The van der Waals surface area contributed by atoms with E-state index >= 15 is 0 Å². The van der Waals surface area contributed by atoms with Crippen molar-refractivity contribution in [2.24, 2.45) is 0 Å². The molecule has 0 saturated carbocycles. The molecule has 3 aromatic rings. The van der Waals surface area contributed by atoms with Crippen LogP contribution < -0.4 is 4.90 Å². The number of imide groups is 1. The second-order valence-corrected chi connectivity index (χ2v) is 7.74. The number of aromatic nitrogens is 1. The molecule has 0 spiro atoms. The first-order valence-electron chi connectivity index (χ1n) is 9.83. The summed E-state index contributed by atoms with van der Waals surface area (Å²) in [6.45, 7) is 2.88. The van der Waals surface area contributed by atoms with Gasteiger partial charge in [0.15, 0.2) is 5.78 Å². The number of Topliss-reactive ketones (excluding diaryl/α,β-unsaturated/α-hetero) is 1. The number of nitrogens with zero attached hydrogens (tertiary/aromatic N) is 2. The summed E-state index contributed by atoms with van der Waals surface area (Å²) in [5.41, 5.74) is 4.64. The van der Waals surface area contributed by atoms with Crippen molar-refractivity contribution in [1.82, 2.24) is 9.88 Å². The Morgan fingerprint density at radius 2 is 1.83 bits per heavy atom. The third-order valence-electron chi connectivity index (χ3n) is 6.01. The van der Waals surface area contributed by atoms with Crippen LogP contribution in [0.3, 0.4) is 0 Å². The monoisotopic (exact) mass is 387 g/mol. The summed E-state index contributed by atoms with van der Waals surface area (Å²) < 4.78 is 0. The largest absolute Gasteiger partial charge is 0.358 e. The van der Waals surface area contributed by atoms with Crippen molar-refractivity contribution in [3.8, 4) is 0 Å². The van der Waals surface area contributed by atoms with Crippen LogP contribution in [0.5, 0.6) is 0 Å². The van der Waals surface area contributed by atoms with Gasteiger partial charge in [-0.15, -0.1) is 0 Å². The van der Waals surface area contributed by atoms with Crippen LogP contribution in [-0.2, 0) is 22.6 Å². The number of carbonyl (C=O) groups is 3. The molecule has 0 bridgehead atoms. The maximum atomic E-state index is 13.1. The molecule has 6 nitrogen and oxygen atoms in total. The Morgan fingerprint density at radius 1 is 1.07 bits per heavy atom. The fraction of sp³-hybridized carbons (Fsp3) is 0.261. The van der Waals surface area contributed by atoms with Crippen LogP contribution in [0.2, 0.25) is 0 Å². The van der Waals surface area contributed by atoms with Gasteiger partial charge in [-0.25, -0.2) is 4.90 Å². The molecule has 1 fully saturated rings. The predicted octanol–water partition coefficient (Wildman–Crippen LogP) is 3.06. The number of hydrogen-bond donors (Lipinski definition) is 1. The molecule has 1 saturated heterocycles. The van der Waals surface area contributed by atoms with E-state index in [0.29, 0.717) is 17.8 Å². The van der Waals surface area contributed by atoms with E-state index < -0.39 is 6.04 Å². The van der Waals surface area contributed by atoms with Crippen molar-refractivity contribution >= 4 is 34.2 Å². The zero-order chi connectivity index (χ0) is 20.1. The van der Waals surface area contributed by atoms with Crippen molar-refractivity contribution in [1.29, 1.82) is 0 Å². The number of nitrogens with one attached hydrogen (secondary N) is 1. The van der Waals surface area contributed by atoms with Crippen LogP contribution in [-0.4, -0.2) is 40.1 Å². The van der Waals surface area contributed by atoms with Crippen molar-refractivity contribution in [2.75, 3.05) is 11.4 Å². The lowest BCUT2D eigenvalue weighted by Gasteiger charge is -2.31. The number of rotatable bonds is 3. The number of aromatic amines is 1. The Labute approximate surface area is 168 Å². The SMILES string of the molecule is CC(=O)c1ccc(N2C(=O)CC(N3CCc4[nH]c5ccccc5c4C3)C2=O)cc1. The number of para-hydroxylation sites is 1. The van der Waals surface area contributed by atoms with Gasteiger partial charge >= 0.3 is 0 Å². The van der Waals surface area contributed by atoms with E-state index in [1.807, 2.05) is 12.1 Å². The molecule has 3 heterocycles. The molecule has 146 valence electrons. The number of fused-ring (bicyclic) bond motifs is 3. The molecule has 29 heavy (non-hydrogen) atoms. The van der Waals surface area contributed by atoms with Gasteiger partial charge in [0.1, 0.15) is 0 Å². The summed E-state index contributed by atoms with van der Waals surface area (Å²) >= 11 is 0. The van der Waals surface area contributed by atoms with Gasteiger partial charge in [-0.05, 0) is 42.8 Å². The quantitative estimate of drug-likeness (QED) is 0.554. The molecule has 0 aliphatic carbocycles. The first-order chi connectivity index (χ1) is 14.0. The normalized spacial score (nSPS) is 19.8. The molecule has 2 aromatic carbocycles. The van der Waals surface area contributed by atoms with Crippen LogP contribution in [0, 0.1) is 0 Å². The number of ketones is 1. The molecule has 2 aliphatic rings. The van der Waals surface area contributed by atoms with Crippen molar-refractivity contribution in [2.45, 2.75) is 32.4 Å². The lowest BCUT2D eigenvalue weighted by Crippen LogP contribution is -2.44. The summed E-state index contributed by atoms with van der Waals surface area (Å²) in [6.07, 6.45) is 1.01. The summed E-state index contributed by atoms with van der Waals surface area (Å²) in [7, 11) is 0. The molecule has 1 aromatic heterocycles. The lowest BCUT2D eigenvalue weighted by molar-refractivity contribution is -0.123. The first kappa shape index (κ1) is 17.8. The van der Waals surface area contributed by atoms with Gasteiger partial charge < -0.3 is 4.98 Å². The van der Waals surface area contributed by atoms with E-state index in [9.17, 15) is 14.4 Å². The fourth-order valence-corrected chi connectivity index (χ4v) is 4.47. The number of amides is 2. The summed E-state index contributed by atoms with van der Waals surface area (Å²) in [6, 6.07) is 14.4. The zero-order valence-corrected chi connectivity index (χ0v) is 16.1. The van der Waals surface area contributed by atoms with Crippen molar-refractivity contribution in [3.63, 3.8) is 0 Å². The zero-order valence-electron chi connectivity index (χ0n) is 16.1. The number of H-pyrrole nitrogens is 1. The fourth-order valence-electron chi connectivity index (χ4n) is 4.47. The van der Waals surface area contributed by atoms with E-state index in [1.165, 1.54) is 28.5 Å². The average molecular weight is 387 g/mol. The molecular formula is C23H21N3O3. The number of hydrogen-bond acceptors (Lipinski definition) is 4. The van der Waals surface area contributed by atoms with E-state index in [1.54, 1.807) is 24.3 Å². The minimum absolute atomic E-state index is 0.0450. The highest BCUT2D eigenvalue weighted by Crippen LogP contribution is 2.32. The molecular weight excluding hydrogens is 366 g/mol. The molecule has 5 rings (SSSR count). The highest BCUT2D eigenvalue weighted by Gasteiger charge is 2.43. The second-order valence-electron chi connectivity index (χ2n) is 7.74. The standard InChI is InChI=1S/C23H21N3O3/c1-14(27)15-6-8-16(9-7-15)26-22(28)12-21(23(26)29)25-11-10-20-18(13-25)17-4-2-3-5-19(17)24-20/h2-9,21,24H,10-13H2,1H3. The molecule has 1 N–H and O–H groups in total. The minimum Gasteiger partial charge on any atom is -0.358 e. The van der Waals surface area contributed by atoms with Gasteiger partial charge in [-0.1, -0.05) is 18.2 Å². The molecule has 2 amide bonds. The van der Waals surface area contributed by atoms with Gasteiger partial charge in [0.2, 0.25) is 5.91 Å². The molecule has 2 aliphatic heterocycles. The predicted molar refractivity (Wildman–Crippen MR) is 110 cm³/mol. The Bertz CT molecular complexity index is 1150. The highest BCUT2D eigenvalue weighted by molar-refractivity contribution is 6.22. The van der Waals surface area contributed by atoms with Crippen LogP contribution in [0.4, 0.5) is 5.69 Å². The summed E-state index contributed by atoms with van der Waals surface area (Å²) in [5, 5.41) is 1.18. The Kier molecular flexibility index (Phi) is 4.10. The number of benzene rings is 2. The van der Waals surface area contributed by atoms with Crippen LogP contribution >= 0.6 is 0 Å². The molecule has 6 heteroatoms. The maximum Gasteiger partial charge on any atom is 0.251 e. The van der Waals surface area contributed by atoms with Crippen molar-refractivity contribution < 1.29 is 14.4 Å². The third kappa shape index (κ3) is 2.87. The molecule has 1 atom stereocenters. The smallest absolute Gasteiger partial charge is 0.251 e. The first-order valence-corrected chi connectivity index (χ1v) is 9.83. The minimum atomic E-state index is -0.447. The Hall–Kier alpha value is -3.25. The van der Waals surface area contributed by atoms with Crippen LogP contribution in [0.15, 0.2) is 48.5 Å². The lowest BCUT2D eigenvalue weighted by atomic mass is 10.0. The number of carbonyl (C=O) groups excluding carboxylic acids is 3. The van der Waals surface area contributed by atoms with Gasteiger partial charge in [0.05, 0.1) is 18.2 Å². The van der Waals surface area contributed by atoms with E-state index in [-0.39, 0.29) is 24.0 Å². The number of anilines is 1. The molecule has 0 radical (unpaired) electrons. The van der Waals surface area contributed by atoms with Gasteiger partial charge in [0, 0.05) is 41.7 Å². The van der Waals surface area contributed by atoms with Gasteiger partial charge in [0.25, 0.3) is 5.91 Å². The van der Waals surface area contributed by atoms with E-state index in [0.717, 1.165) is 18.5 Å². The summed E-state index contributed by atoms with van der Waals surface area (Å²) in [4.78, 5) is 44.1. The van der Waals surface area contributed by atoms with E-state index in [2.05, 4.69) is 22.0 Å². The maximum absolute atomic E-state index is 13.1. The Morgan fingerprint density at radius 3 is 2.59 bits per heavy atom. The average Bonchev–Trinajstić information content (AvgIpc) is 3.24. The second kappa shape index (κ2) is 6.67. The van der Waals surface area contributed by atoms with E-state index in [4.69, 9.17) is 0 Å². The van der Waals surface area contributed by atoms with Crippen LogP contribution in [0.25, 0.3) is 10.9 Å². The van der Waals surface area contributed by atoms with Gasteiger partial charge in [-0.3, -0.25) is 19.3 Å².